The highest BCUT2D eigenvalue weighted by molar-refractivity contribution is 8.00. The van der Waals surface area contributed by atoms with Crippen LogP contribution in [-0.2, 0) is 11.3 Å². The minimum atomic E-state index is 0.000742. The van der Waals surface area contributed by atoms with E-state index in [0.29, 0.717) is 12.3 Å². The van der Waals surface area contributed by atoms with Gasteiger partial charge in [-0.1, -0.05) is 18.2 Å². The predicted molar refractivity (Wildman–Crippen MR) is 83.0 cm³/mol. The molecule has 21 heavy (non-hydrogen) atoms. The SMILES string of the molecule is COc1ccc(CN2C(=O)CS[C@@H]2c2ccccn2)cc1. The van der Waals surface area contributed by atoms with Crippen molar-refractivity contribution in [3.05, 3.63) is 59.9 Å². The number of ether oxygens (including phenoxy) is 1. The van der Waals surface area contributed by atoms with Crippen LogP contribution in [0.2, 0.25) is 0 Å². The predicted octanol–water partition coefficient (Wildman–Crippen LogP) is 2.86. The maximum atomic E-state index is 12.1. The van der Waals surface area contributed by atoms with Crippen molar-refractivity contribution in [3.8, 4) is 5.75 Å². The minimum Gasteiger partial charge on any atom is -0.497 e. The van der Waals surface area contributed by atoms with E-state index in [0.717, 1.165) is 17.0 Å². The molecule has 1 aromatic heterocycles. The zero-order chi connectivity index (χ0) is 14.7. The summed E-state index contributed by atoms with van der Waals surface area (Å²) in [5, 5.41) is 0.000742. The maximum Gasteiger partial charge on any atom is 0.234 e. The maximum absolute atomic E-state index is 12.1. The lowest BCUT2D eigenvalue weighted by Crippen LogP contribution is -2.28. The lowest BCUT2D eigenvalue weighted by molar-refractivity contribution is -0.128. The van der Waals surface area contributed by atoms with Crippen LogP contribution >= 0.6 is 11.8 Å². The third-order valence-corrected chi connectivity index (χ3v) is 4.65. The van der Waals surface area contributed by atoms with E-state index in [1.165, 1.54) is 0 Å². The fourth-order valence-corrected chi connectivity index (χ4v) is 3.47. The number of hydrogen-bond acceptors (Lipinski definition) is 4. The van der Waals surface area contributed by atoms with Gasteiger partial charge in [-0.15, -0.1) is 11.8 Å². The molecule has 1 atom stereocenters. The zero-order valence-corrected chi connectivity index (χ0v) is 12.5. The first-order valence-electron chi connectivity index (χ1n) is 6.73. The number of aromatic nitrogens is 1. The average molecular weight is 300 g/mol. The van der Waals surface area contributed by atoms with Crippen molar-refractivity contribution < 1.29 is 9.53 Å². The van der Waals surface area contributed by atoms with Crippen LogP contribution in [0.1, 0.15) is 16.6 Å². The molecule has 1 fully saturated rings. The highest BCUT2D eigenvalue weighted by Gasteiger charge is 2.33. The van der Waals surface area contributed by atoms with Crippen molar-refractivity contribution in [1.82, 2.24) is 9.88 Å². The zero-order valence-electron chi connectivity index (χ0n) is 11.7. The fourth-order valence-electron chi connectivity index (χ4n) is 2.32. The Bertz CT molecular complexity index is 616. The molecule has 0 radical (unpaired) electrons. The second-order valence-electron chi connectivity index (χ2n) is 4.79. The first-order chi connectivity index (χ1) is 10.3. The summed E-state index contributed by atoms with van der Waals surface area (Å²) in [6.45, 7) is 0.594. The number of hydrogen-bond donors (Lipinski definition) is 0. The molecular weight excluding hydrogens is 284 g/mol. The number of carbonyl (C=O) groups excluding carboxylic acids is 1. The number of thioether (sulfide) groups is 1. The van der Waals surface area contributed by atoms with Gasteiger partial charge in [0.2, 0.25) is 5.91 Å². The van der Waals surface area contributed by atoms with Crippen LogP contribution in [-0.4, -0.2) is 28.7 Å². The van der Waals surface area contributed by atoms with Gasteiger partial charge in [0, 0.05) is 12.7 Å². The fraction of sp³-hybridized carbons (Fsp3) is 0.250. The average Bonchev–Trinajstić information content (AvgIpc) is 2.90. The molecule has 1 saturated heterocycles. The molecule has 0 bridgehead atoms. The smallest absolute Gasteiger partial charge is 0.234 e. The van der Waals surface area contributed by atoms with Crippen molar-refractivity contribution >= 4 is 17.7 Å². The number of amides is 1. The van der Waals surface area contributed by atoms with Gasteiger partial charge in [0.1, 0.15) is 11.1 Å². The van der Waals surface area contributed by atoms with Crippen LogP contribution in [0.25, 0.3) is 0 Å². The first kappa shape index (κ1) is 13.9. The van der Waals surface area contributed by atoms with Crippen LogP contribution in [0.15, 0.2) is 48.7 Å². The summed E-state index contributed by atoms with van der Waals surface area (Å²) in [5.74, 6) is 1.49. The lowest BCUT2D eigenvalue weighted by atomic mass is 10.2. The third kappa shape index (κ3) is 3.03. The van der Waals surface area contributed by atoms with Gasteiger partial charge in [-0.3, -0.25) is 9.78 Å². The van der Waals surface area contributed by atoms with Crippen LogP contribution in [0.5, 0.6) is 5.75 Å². The minimum absolute atomic E-state index is 0.000742. The molecule has 2 heterocycles. The largest absolute Gasteiger partial charge is 0.497 e. The topological polar surface area (TPSA) is 42.4 Å². The molecule has 2 aromatic rings. The Morgan fingerprint density at radius 2 is 2.10 bits per heavy atom. The van der Waals surface area contributed by atoms with E-state index in [1.54, 1.807) is 25.1 Å². The van der Waals surface area contributed by atoms with E-state index in [-0.39, 0.29) is 11.3 Å². The summed E-state index contributed by atoms with van der Waals surface area (Å²) < 4.78 is 5.16. The summed E-state index contributed by atoms with van der Waals surface area (Å²) in [4.78, 5) is 18.4. The van der Waals surface area contributed by atoms with Crippen LogP contribution in [0.4, 0.5) is 0 Å². The van der Waals surface area contributed by atoms with E-state index < -0.39 is 0 Å². The second-order valence-corrected chi connectivity index (χ2v) is 5.86. The van der Waals surface area contributed by atoms with Crippen molar-refractivity contribution in [1.29, 1.82) is 0 Å². The molecule has 0 saturated carbocycles. The molecular formula is C16H16N2O2S. The molecule has 108 valence electrons. The summed E-state index contributed by atoms with van der Waals surface area (Å²) in [6, 6.07) is 13.6. The van der Waals surface area contributed by atoms with Gasteiger partial charge in [0.25, 0.3) is 0 Å². The Kier molecular flexibility index (Phi) is 4.10. The Labute approximate surface area is 128 Å². The second kappa shape index (κ2) is 6.18. The van der Waals surface area contributed by atoms with Gasteiger partial charge in [-0.25, -0.2) is 0 Å². The normalized spacial score (nSPS) is 18.0. The molecule has 0 spiro atoms. The molecule has 0 N–H and O–H groups in total. The highest BCUT2D eigenvalue weighted by atomic mass is 32.2. The summed E-state index contributed by atoms with van der Waals surface area (Å²) >= 11 is 1.63. The van der Waals surface area contributed by atoms with Gasteiger partial charge in [-0.05, 0) is 29.8 Å². The van der Waals surface area contributed by atoms with Crippen LogP contribution in [0.3, 0.4) is 0 Å². The molecule has 0 aliphatic carbocycles. The van der Waals surface area contributed by atoms with E-state index >= 15 is 0 Å². The number of carbonyl (C=O) groups is 1. The standard InChI is InChI=1S/C16H16N2O2S/c1-20-13-7-5-12(6-8-13)10-18-15(19)11-21-16(18)14-4-2-3-9-17-14/h2-9,16H,10-11H2,1H3/t16-/m1/s1. The van der Waals surface area contributed by atoms with Crippen LogP contribution in [0, 0.1) is 0 Å². The van der Waals surface area contributed by atoms with Gasteiger partial charge >= 0.3 is 0 Å². The van der Waals surface area contributed by atoms with Gasteiger partial charge in [0.05, 0.1) is 18.6 Å². The molecule has 1 aliphatic rings. The molecule has 5 heteroatoms. The number of nitrogens with zero attached hydrogens (tertiary/aromatic N) is 2. The van der Waals surface area contributed by atoms with E-state index in [4.69, 9.17) is 4.74 Å². The Balaban J connectivity index is 1.79. The molecule has 4 nitrogen and oxygen atoms in total. The van der Waals surface area contributed by atoms with Crippen molar-refractivity contribution in [3.63, 3.8) is 0 Å². The summed E-state index contributed by atoms with van der Waals surface area (Å²) in [7, 11) is 1.65. The Morgan fingerprint density at radius 1 is 1.29 bits per heavy atom. The van der Waals surface area contributed by atoms with E-state index in [9.17, 15) is 4.79 Å². The highest BCUT2D eigenvalue weighted by Crippen LogP contribution is 2.38. The first-order valence-corrected chi connectivity index (χ1v) is 7.78. The lowest BCUT2D eigenvalue weighted by Gasteiger charge is -2.23. The molecule has 1 aliphatic heterocycles. The number of rotatable bonds is 4. The van der Waals surface area contributed by atoms with Crippen LogP contribution < -0.4 is 4.74 Å². The van der Waals surface area contributed by atoms with Gasteiger partial charge < -0.3 is 9.64 Å². The molecule has 1 aromatic carbocycles. The van der Waals surface area contributed by atoms with E-state index in [1.807, 2.05) is 47.4 Å². The number of benzene rings is 1. The molecule has 0 unspecified atom stereocenters. The summed E-state index contributed by atoms with van der Waals surface area (Å²) in [6.07, 6.45) is 1.77. The summed E-state index contributed by atoms with van der Waals surface area (Å²) in [5.41, 5.74) is 2.02. The number of methoxy groups -OCH3 is 1. The Hall–Kier alpha value is -2.01. The van der Waals surface area contributed by atoms with E-state index in [2.05, 4.69) is 4.98 Å². The van der Waals surface area contributed by atoms with Crippen molar-refractivity contribution in [2.45, 2.75) is 11.9 Å². The molecule has 3 rings (SSSR count). The quantitative estimate of drug-likeness (QED) is 0.871. The Morgan fingerprint density at radius 3 is 2.76 bits per heavy atom. The molecule has 1 amide bonds. The monoisotopic (exact) mass is 300 g/mol. The van der Waals surface area contributed by atoms with Crippen molar-refractivity contribution in [2.75, 3.05) is 12.9 Å². The van der Waals surface area contributed by atoms with Crippen molar-refractivity contribution in [2.24, 2.45) is 0 Å². The number of pyridine rings is 1. The van der Waals surface area contributed by atoms with Gasteiger partial charge in [-0.2, -0.15) is 0 Å². The van der Waals surface area contributed by atoms with Gasteiger partial charge in [0.15, 0.2) is 0 Å². The third-order valence-electron chi connectivity index (χ3n) is 3.42.